The van der Waals surface area contributed by atoms with Crippen LogP contribution in [0.1, 0.15) is 23.5 Å². The second-order valence-electron chi connectivity index (χ2n) is 8.58. The lowest BCUT2D eigenvalue weighted by Crippen LogP contribution is -2.22. The lowest BCUT2D eigenvalue weighted by molar-refractivity contribution is -0.135. The van der Waals surface area contributed by atoms with E-state index < -0.39 is 11.9 Å². The van der Waals surface area contributed by atoms with Crippen molar-refractivity contribution in [3.63, 3.8) is 0 Å². The molecule has 1 aliphatic heterocycles. The SMILES string of the molecule is COc1ccc(-c2coc3c4c(cc(OC)c3c2=O)OC(=O)C[C@@H]4c2cc(OC)c(OC)cc2OC)cc1. The van der Waals surface area contributed by atoms with E-state index in [1.54, 1.807) is 49.6 Å². The summed E-state index contributed by atoms with van der Waals surface area (Å²) >= 11 is 0. The molecule has 0 fully saturated rings. The van der Waals surface area contributed by atoms with Crippen LogP contribution in [0.2, 0.25) is 0 Å². The van der Waals surface area contributed by atoms with Crippen LogP contribution in [0.4, 0.5) is 0 Å². The van der Waals surface area contributed by atoms with Gasteiger partial charge < -0.3 is 32.8 Å². The van der Waals surface area contributed by atoms with Gasteiger partial charge in [0.2, 0.25) is 5.43 Å². The molecule has 9 heteroatoms. The minimum absolute atomic E-state index is 0.00971. The molecule has 196 valence electrons. The molecule has 2 heterocycles. The fourth-order valence-electron chi connectivity index (χ4n) is 4.84. The van der Waals surface area contributed by atoms with E-state index in [0.717, 1.165) is 0 Å². The van der Waals surface area contributed by atoms with Gasteiger partial charge in [-0.1, -0.05) is 12.1 Å². The van der Waals surface area contributed by atoms with E-state index in [1.165, 1.54) is 34.7 Å². The molecule has 0 N–H and O–H groups in total. The minimum Gasteiger partial charge on any atom is -0.497 e. The smallest absolute Gasteiger partial charge is 0.312 e. The van der Waals surface area contributed by atoms with Crippen LogP contribution in [0, 0.1) is 0 Å². The molecule has 0 unspecified atom stereocenters. The number of benzene rings is 3. The number of hydrogen-bond donors (Lipinski definition) is 0. The van der Waals surface area contributed by atoms with E-state index in [1.807, 2.05) is 0 Å². The van der Waals surface area contributed by atoms with Crippen LogP contribution in [-0.4, -0.2) is 41.5 Å². The third kappa shape index (κ3) is 4.06. The van der Waals surface area contributed by atoms with Crippen molar-refractivity contribution in [1.29, 1.82) is 0 Å². The average molecular weight is 519 g/mol. The number of carbonyl (C=O) groups is 1. The molecule has 0 bridgehead atoms. The van der Waals surface area contributed by atoms with E-state index in [9.17, 15) is 9.59 Å². The van der Waals surface area contributed by atoms with Gasteiger partial charge in [-0.15, -0.1) is 0 Å². The Morgan fingerprint density at radius 1 is 0.763 bits per heavy atom. The highest BCUT2D eigenvalue weighted by Crippen LogP contribution is 2.49. The maximum atomic E-state index is 13.8. The minimum atomic E-state index is -0.565. The van der Waals surface area contributed by atoms with Crippen LogP contribution < -0.4 is 33.8 Å². The lowest BCUT2D eigenvalue weighted by atomic mass is 9.84. The van der Waals surface area contributed by atoms with Crippen molar-refractivity contribution in [2.45, 2.75) is 12.3 Å². The molecule has 1 aliphatic rings. The van der Waals surface area contributed by atoms with Crippen molar-refractivity contribution in [3.05, 3.63) is 70.1 Å². The summed E-state index contributed by atoms with van der Waals surface area (Å²) in [5.41, 5.74) is 2.17. The fraction of sp³-hybridized carbons (Fsp3) is 0.241. The maximum absolute atomic E-state index is 13.8. The van der Waals surface area contributed by atoms with E-state index in [4.69, 9.17) is 32.8 Å². The molecular weight excluding hydrogens is 492 g/mol. The fourth-order valence-corrected chi connectivity index (χ4v) is 4.84. The number of esters is 1. The summed E-state index contributed by atoms with van der Waals surface area (Å²) in [7, 11) is 7.60. The highest BCUT2D eigenvalue weighted by Gasteiger charge is 2.36. The van der Waals surface area contributed by atoms with Gasteiger partial charge in [0.1, 0.15) is 40.2 Å². The molecule has 0 amide bonds. The van der Waals surface area contributed by atoms with E-state index in [0.29, 0.717) is 45.3 Å². The molecule has 0 saturated carbocycles. The first-order valence-electron chi connectivity index (χ1n) is 11.7. The van der Waals surface area contributed by atoms with Crippen LogP contribution in [0.5, 0.6) is 34.5 Å². The zero-order valence-corrected chi connectivity index (χ0v) is 21.6. The molecular formula is C29H26O9. The molecule has 0 spiro atoms. The van der Waals surface area contributed by atoms with Gasteiger partial charge >= 0.3 is 5.97 Å². The number of methoxy groups -OCH3 is 5. The number of carbonyl (C=O) groups excluding carboxylic acids is 1. The van der Waals surface area contributed by atoms with Crippen molar-refractivity contribution in [3.8, 4) is 45.6 Å². The molecule has 9 nitrogen and oxygen atoms in total. The van der Waals surface area contributed by atoms with Crippen LogP contribution in [0.15, 0.2) is 57.9 Å². The summed E-state index contributed by atoms with van der Waals surface area (Å²) in [4.78, 5) is 26.5. The maximum Gasteiger partial charge on any atom is 0.312 e. The number of ether oxygens (including phenoxy) is 6. The van der Waals surface area contributed by atoms with Gasteiger partial charge in [-0.05, 0) is 23.8 Å². The Bertz CT molecular complexity index is 1590. The number of rotatable bonds is 7. The molecule has 0 saturated heterocycles. The Kier molecular flexibility index (Phi) is 6.59. The lowest BCUT2D eigenvalue weighted by Gasteiger charge is -2.28. The Morgan fingerprint density at radius 3 is 2.05 bits per heavy atom. The summed E-state index contributed by atoms with van der Waals surface area (Å²) in [6.07, 6.45) is 1.40. The molecule has 0 aliphatic carbocycles. The van der Waals surface area contributed by atoms with Gasteiger partial charge in [-0.25, -0.2) is 0 Å². The van der Waals surface area contributed by atoms with Gasteiger partial charge in [0.15, 0.2) is 11.5 Å². The third-order valence-electron chi connectivity index (χ3n) is 6.69. The Hall–Kier alpha value is -4.66. The van der Waals surface area contributed by atoms with Gasteiger partial charge in [-0.2, -0.15) is 0 Å². The van der Waals surface area contributed by atoms with Gasteiger partial charge in [0, 0.05) is 29.2 Å². The monoisotopic (exact) mass is 518 g/mol. The molecule has 0 radical (unpaired) electrons. The summed E-state index contributed by atoms with van der Waals surface area (Å²) in [6.45, 7) is 0. The Labute approximate surface area is 218 Å². The summed E-state index contributed by atoms with van der Waals surface area (Å²) < 4.78 is 39.1. The van der Waals surface area contributed by atoms with Crippen molar-refractivity contribution in [2.24, 2.45) is 0 Å². The second kappa shape index (κ2) is 10.0. The first-order chi connectivity index (χ1) is 18.4. The van der Waals surface area contributed by atoms with E-state index in [-0.39, 0.29) is 34.3 Å². The largest absolute Gasteiger partial charge is 0.497 e. The summed E-state index contributed by atoms with van der Waals surface area (Å²) in [5.74, 6) is 1.55. The Morgan fingerprint density at radius 2 is 1.42 bits per heavy atom. The normalized spacial score (nSPS) is 14.4. The van der Waals surface area contributed by atoms with Gasteiger partial charge in [-0.3, -0.25) is 9.59 Å². The highest BCUT2D eigenvalue weighted by atomic mass is 16.5. The molecule has 38 heavy (non-hydrogen) atoms. The number of fused-ring (bicyclic) bond motifs is 3. The first-order valence-corrected chi connectivity index (χ1v) is 11.7. The molecule has 1 aromatic heterocycles. The van der Waals surface area contributed by atoms with Crippen LogP contribution >= 0.6 is 0 Å². The third-order valence-corrected chi connectivity index (χ3v) is 6.69. The molecule has 4 aromatic rings. The topological polar surface area (TPSA) is 103 Å². The predicted octanol–water partition coefficient (Wildman–Crippen LogP) is 4.94. The molecule has 5 rings (SSSR count). The molecule has 1 atom stereocenters. The predicted molar refractivity (Wildman–Crippen MR) is 139 cm³/mol. The van der Waals surface area contributed by atoms with Crippen molar-refractivity contribution in [2.75, 3.05) is 35.5 Å². The van der Waals surface area contributed by atoms with Gasteiger partial charge in [0.05, 0.1) is 47.5 Å². The van der Waals surface area contributed by atoms with E-state index in [2.05, 4.69) is 0 Å². The summed E-state index contributed by atoms with van der Waals surface area (Å²) in [5, 5.41) is 0.238. The van der Waals surface area contributed by atoms with Crippen molar-refractivity contribution < 1.29 is 37.6 Å². The van der Waals surface area contributed by atoms with E-state index >= 15 is 0 Å². The summed E-state index contributed by atoms with van der Waals surface area (Å²) in [6, 6.07) is 12.1. The van der Waals surface area contributed by atoms with Crippen LogP contribution in [0.25, 0.3) is 22.1 Å². The standard InChI is InChI=1S/C29H26O9/c1-32-16-8-6-15(7-9-16)19-14-37-29-26-18(17-10-21(34-3)22(35-4)12-20(17)33-2)11-25(30)38-24(26)13-23(36-5)27(29)28(19)31/h6-10,12-14,18H,11H2,1-5H3/t18-/m1/s1. The Balaban J connectivity index is 1.78. The highest BCUT2D eigenvalue weighted by molar-refractivity contribution is 5.94. The zero-order valence-electron chi connectivity index (χ0n) is 21.6. The van der Waals surface area contributed by atoms with Crippen LogP contribution in [-0.2, 0) is 4.79 Å². The number of hydrogen-bond acceptors (Lipinski definition) is 9. The van der Waals surface area contributed by atoms with Gasteiger partial charge in [0.25, 0.3) is 0 Å². The molecule has 3 aromatic carbocycles. The quantitative estimate of drug-likeness (QED) is 0.248. The van der Waals surface area contributed by atoms with Crippen molar-refractivity contribution in [1.82, 2.24) is 0 Å². The average Bonchev–Trinajstić information content (AvgIpc) is 2.95. The van der Waals surface area contributed by atoms with Crippen molar-refractivity contribution >= 4 is 16.9 Å². The second-order valence-corrected chi connectivity index (χ2v) is 8.58. The zero-order chi connectivity index (χ0) is 27.0. The van der Waals surface area contributed by atoms with Crippen LogP contribution in [0.3, 0.4) is 0 Å². The first kappa shape index (κ1) is 25.0.